The third-order valence-electron chi connectivity index (χ3n) is 5.31. The maximum absolute atomic E-state index is 12.7. The number of carbonyl (C=O) groups excluding carboxylic acids is 2. The van der Waals surface area contributed by atoms with Gasteiger partial charge >= 0.3 is 11.9 Å². The molecular weight excluding hydrogens is 364 g/mol. The molecular formula is C25H40O4. The van der Waals surface area contributed by atoms with Gasteiger partial charge in [0.2, 0.25) is 0 Å². The summed E-state index contributed by atoms with van der Waals surface area (Å²) in [6.45, 7) is 20.4. The molecule has 0 amide bonds. The van der Waals surface area contributed by atoms with Gasteiger partial charge in [0.05, 0.1) is 5.56 Å². The molecule has 0 N–H and O–H groups in total. The van der Waals surface area contributed by atoms with E-state index < -0.39 is 23.6 Å². The fourth-order valence-electron chi connectivity index (χ4n) is 3.16. The van der Waals surface area contributed by atoms with Crippen LogP contribution in [0.15, 0.2) is 24.3 Å². The lowest BCUT2D eigenvalue weighted by Crippen LogP contribution is -2.33. The van der Waals surface area contributed by atoms with E-state index in [9.17, 15) is 9.59 Å². The summed E-state index contributed by atoms with van der Waals surface area (Å²) in [7, 11) is 0. The van der Waals surface area contributed by atoms with Crippen molar-refractivity contribution in [2.24, 2.45) is 10.8 Å². The van der Waals surface area contributed by atoms with E-state index in [1.165, 1.54) is 6.92 Å². The molecule has 4 heteroatoms. The van der Waals surface area contributed by atoms with E-state index in [-0.39, 0.29) is 10.8 Å². The van der Waals surface area contributed by atoms with E-state index in [0.717, 1.165) is 18.4 Å². The highest BCUT2D eigenvalue weighted by Crippen LogP contribution is 2.44. The van der Waals surface area contributed by atoms with Crippen molar-refractivity contribution in [2.75, 3.05) is 0 Å². The fraction of sp³-hybridized carbons (Fsp3) is 0.680. The molecule has 0 aliphatic heterocycles. The minimum Gasteiger partial charge on any atom is -0.457 e. The number of hydrogen-bond donors (Lipinski definition) is 0. The minimum atomic E-state index is -0.956. The summed E-state index contributed by atoms with van der Waals surface area (Å²) < 4.78 is 10.7. The number of hydrogen-bond acceptors (Lipinski definition) is 4. The Hall–Kier alpha value is -1.84. The molecule has 0 aromatic heterocycles. The second kappa shape index (κ2) is 9.32. The lowest BCUT2D eigenvalue weighted by molar-refractivity contribution is -0.164. The molecule has 0 aliphatic rings. The standard InChI is InChI=1S/C25H40O4/c1-11-25(9,10)16-20(23(3,4)5)18-13-12-14-19(15-18)22(27)28-17(2)21(26)29-24(6,7)8/h12-15,17,20H,11,16H2,1-10H3. The van der Waals surface area contributed by atoms with Crippen molar-refractivity contribution in [2.45, 2.75) is 99.7 Å². The zero-order valence-corrected chi connectivity index (χ0v) is 20.0. The lowest BCUT2D eigenvalue weighted by Gasteiger charge is -2.37. The van der Waals surface area contributed by atoms with Gasteiger partial charge in [0.25, 0.3) is 0 Å². The predicted molar refractivity (Wildman–Crippen MR) is 118 cm³/mol. The summed E-state index contributed by atoms with van der Waals surface area (Å²) in [4.78, 5) is 24.8. The first-order valence-corrected chi connectivity index (χ1v) is 10.6. The molecule has 29 heavy (non-hydrogen) atoms. The van der Waals surface area contributed by atoms with Crippen molar-refractivity contribution < 1.29 is 19.1 Å². The van der Waals surface area contributed by atoms with Crippen LogP contribution in [-0.4, -0.2) is 23.6 Å². The van der Waals surface area contributed by atoms with E-state index in [1.54, 1.807) is 26.8 Å². The van der Waals surface area contributed by atoms with Gasteiger partial charge < -0.3 is 9.47 Å². The molecule has 1 rings (SSSR count). The van der Waals surface area contributed by atoms with E-state index in [0.29, 0.717) is 11.5 Å². The Bertz CT molecular complexity index is 704. The van der Waals surface area contributed by atoms with Crippen molar-refractivity contribution >= 4 is 11.9 Å². The van der Waals surface area contributed by atoms with Crippen LogP contribution in [0, 0.1) is 10.8 Å². The fourth-order valence-corrected chi connectivity index (χ4v) is 3.16. The highest BCUT2D eigenvalue weighted by atomic mass is 16.6. The molecule has 2 atom stereocenters. The molecule has 0 saturated carbocycles. The first kappa shape index (κ1) is 25.2. The zero-order valence-electron chi connectivity index (χ0n) is 20.0. The van der Waals surface area contributed by atoms with Gasteiger partial charge in [-0.1, -0.05) is 60.1 Å². The molecule has 2 unspecified atom stereocenters. The van der Waals surface area contributed by atoms with Gasteiger partial charge in [-0.15, -0.1) is 0 Å². The van der Waals surface area contributed by atoms with Crippen LogP contribution < -0.4 is 0 Å². The Morgan fingerprint density at radius 1 is 1.00 bits per heavy atom. The highest BCUT2D eigenvalue weighted by Gasteiger charge is 2.32. The third kappa shape index (κ3) is 8.20. The second-order valence-electron chi connectivity index (χ2n) is 10.8. The molecule has 0 saturated heterocycles. The quantitative estimate of drug-likeness (QED) is 0.485. The second-order valence-corrected chi connectivity index (χ2v) is 10.8. The first-order chi connectivity index (χ1) is 13.1. The van der Waals surface area contributed by atoms with Gasteiger partial charge in [-0.2, -0.15) is 0 Å². The molecule has 1 aromatic carbocycles. The molecule has 0 spiro atoms. The molecule has 0 heterocycles. The first-order valence-electron chi connectivity index (χ1n) is 10.6. The van der Waals surface area contributed by atoms with Crippen LogP contribution in [0.3, 0.4) is 0 Å². The Kier molecular flexibility index (Phi) is 8.09. The average molecular weight is 405 g/mol. The lowest BCUT2D eigenvalue weighted by atomic mass is 9.68. The smallest absolute Gasteiger partial charge is 0.347 e. The highest BCUT2D eigenvalue weighted by molar-refractivity contribution is 5.91. The maximum atomic E-state index is 12.7. The van der Waals surface area contributed by atoms with Gasteiger partial charge in [-0.25, -0.2) is 9.59 Å². The third-order valence-corrected chi connectivity index (χ3v) is 5.31. The molecule has 164 valence electrons. The Labute approximate surface area is 177 Å². The molecule has 0 fully saturated rings. The summed E-state index contributed by atoms with van der Waals surface area (Å²) in [6.07, 6.45) is 1.16. The van der Waals surface area contributed by atoms with Gasteiger partial charge in [-0.3, -0.25) is 0 Å². The molecule has 0 radical (unpaired) electrons. The van der Waals surface area contributed by atoms with Crippen LogP contribution in [0.5, 0.6) is 0 Å². The number of benzene rings is 1. The van der Waals surface area contributed by atoms with Crippen LogP contribution in [0.4, 0.5) is 0 Å². The topological polar surface area (TPSA) is 52.6 Å². The molecule has 4 nitrogen and oxygen atoms in total. The van der Waals surface area contributed by atoms with Crippen molar-refractivity contribution in [3.8, 4) is 0 Å². The number of carbonyl (C=O) groups is 2. The van der Waals surface area contributed by atoms with Gasteiger partial charge in [0, 0.05) is 0 Å². The van der Waals surface area contributed by atoms with Crippen molar-refractivity contribution in [1.82, 2.24) is 0 Å². The molecule has 0 aliphatic carbocycles. The number of esters is 2. The van der Waals surface area contributed by atoms with Crippen LogP contribution in [-0.2, 0) is 14.3 Å². The number of ether oxygens (including phenoxy) is 2. The summed E-state index contributed by atoms with van der Waals surface area (Å²) in [5, 5.41) is 0. The van der Waals surface area contributed by atoms with Crippen molar-refractivity contribution in [3.05, 3.63) is 35.4 Å². The normalized spacial score (nSPS) is 14.8. The SMILES string of the molecule is CCC(C)(C)CC(c1cccc(C(=O)OC(C)C(=O)OC(C)(C)C)c1)C(C)(C)C. The zero-order chi connectivity index (χ0) is 22.6. The van der Waals surface area contributed by atoms with Crippen LogP contribution >= 0.6 is 0 Å². The van der Waals surface area contributed by atoms with Crippen LogP contribution in [0.1, 0.15) is 104 Å². The largest absolute Gasteiger partial charge is 0.457 e. The minimum absolute atomic E-state index is 0.0543. The molecule has 1 aromatic rings. The van der Waals surface area contributed by atoms with Gasteiger partial charge in [-0.05, 0) is 68.6 Å². The maximum Gasteiger partial charge on any atom is 0.347 e. The van der Waals surface area contributed by atoms with Crippen LogP contribution in [0.25, 0.3) is 0 Å². The van der Waals surface area contributed by atoms with E-state index in [2.05, 4.69) is 47.6 Å². The van der Waals surface area contributed by atoms with E-state index in [1.807, 2.05) is 12.1 Å². The van der Waals surface area contributed by atoms with Gasteiger partial charge in [0.15, 0.2) is 6.10 Å². The summed E-state index contributed by atoms with van der Waals surface area (Å²) >= 11 is 0. The predicted octanol–water partition coefficient (Wildman–Crippen LogP) is 6.53. The number of rotatable bonds is 7. The van der Waals surface area contributed by atoms with Crippen molar-refractivity contribution in [3.63, 3.8) is 0 Å². The van der Waals surface area contributed by atoms with Crippen LogP contribution in [0.2, 0.25) is 0 Å². The van der Waals surface area contributed by atoms with Gasteiger partial charge in [0.1, 0.15) is 5.60 Å². The summed E-state index contributed by atoms with van der Waals surface area (Å²) in [5.41, 5.74) is 1.22. The molecule has 0 bridgehead atoms. The average Bonchev–Trinajstić information content (AvgIpc) is 2.57. The van der Waals surface area contributed by atoms with E-state index >= 15 is 0 Å². The van der Waals surface area contributed by atoms with Crippen molar-refractivity contribution in [1.29, 1.82) is 0 Å². The Morgan fingerprint density at radius 2 is 1.59 bits per heavy atom. The summed E-state index contributed by atoms with van der Waals surface area (Å²) in [5.74, 6) is -0.750. The Morgan fingerprint density at radius 3 is 2.07 bits per heavy atom. The Balaban J connectivity index is 3.05. The van der Waals surface area contributed by atoms with E-state index in [4.69, 9.17) is 9.47 Å². The monoisotopic (exact) mass is 404 g/mol. The summed E-state index contributed by atoms with van der Waals surface area (Å²) in [6, 6.07) is 7.61.